The van der Waals surface area contributed by atoms with Gasteiger partial charge >= 0.3 is 0 Å². The Labute approximate surface area is 83.3 Å². The molecule has 3 heteroatoms. The van der Waals surface area contributed by atoms with Crippen molar-refractivity contribution >= 4 is 5.69 Å². The van der Waals surface area contributed by atoms with Crippen molar-refractivity contribution in [3.63, 3.8) is 0 Å². The summed E-state index contributed by atoms with van der Waals surface area (Å²) in [6.07, 6.45) is 1.43. The minimum atomic E-state index is 0.321. The van der Waals surface area contributed by atoms with Crippen LogP contribution < -0.4 is 5.32 Å². The lowest BCUT2D eigenvalue weighted by molar-refractivity contribution is -0.0410. The van der Waals surface area contributed by atoms with Crippen LogP contribution in [0.5, 0.6) is 0 Å². The van der Waals surface area contributed by atoms with Crippen molar-refractivity contribution < 1.29 is 4.74 Å². The largest absolute Gasteiger partial charge is 0.381 e. The van der Waals surface area contributed by atoms with Gasteiger partial charge in [-0.3, -0.25) is 0 Å². The van der Waals surface area contributed by atoms with Gasteiger partial charge in [0.25, 0.3) is 0 Å². The number of para-hydroxylation sites is 1. The summed E-state index contributed by atoms with van der Waals surface area (Å²) >= 11 is 0. The predicted molar refractivity (Wildman–Crippen MR) is 54.0 cm³/mol. The van der Waals surface area contributed by atoms with E-state index in [0.29, 0.717) is 11.7 Å². The normalized spacial score (nSPS) is 19.5. The molecule has 1 aliphatic rings. The molecule has 0 bridgehead atoms. The molecule has 0 amide bonds. The summed E-state index contributed by atoms with van der Waals surface area (Å²) in [7, 11) is 0. The SMILES string of the molecule is N#Cc1ccccc1NCC1CCO1. The summed E-state index contributed by atoms with van der Waals surface area (Å²) < 4.78 is 5.28. The van der Waals surface area contributed by atoms with Gasteiger partial charge in [-0.15, -0.1) is 0 Å². The third kappa shape index (κ3) is 1.86. The highest BCUT2D eigenvalue weighted by Gasteiger charge is 2.17. The molecule has 1 N–H and O–H groups in total. The molecule has 1 atom stereocenters. The monoisotopic (exact) mass is 188 g/mol. The number of ether oxygens (including phenoxy) is 1. The van der Waals surface area contributed by atoms with Crippen LogP contribution in [0.2, 0.25) is 0 Å². The Morgan fingerprint density at radius 1 is 1.50 bits per heavy atom. The Morgan fingerprint density at radius 2 is 2.29 bits per heavy atom. The Morgan fingerprint density at radius 3 is 2.93 bits per heavy atom. The molecule has 1 saturated heterocycles. The summed E-state index contributed by atoms with van der Waals surface area (Å²) in [6.45, 7) is 1.66. The van der Waals surface area contributed by atoms with Crippen LogP contribution in [0.25, 0.3) is 0 Å². The molecule has 1 aromatic rings. The number of nitrogens with zero attached hydrogens (tertiary/aromatic N) is 1. The van der Waals surface area contributed by atoms with Gasteiger partial charge in [-0.2, -0.15) is 5.26 Å². The van der Waals surface area contributed by atoms with E-state index in [0.717, 1.165) is 25.3 Å². The number of nitrogens with one attached hydrogen (secondary N) is 1. The average Bonchev–Trinajstić information content (AvgIpc) is 2.16. The topological polar surface area (TPSA) is 45.0 Å². The molecule has 1 fully saturated rings. The number of nitriles is 1. The van der Waals surface area contributed by atoms with Gasteiger partial charge in [0.05, 0.1) is 17.4 Å². The molecule has 14 heavy (non-hydrogen) atoms. The summed E-state index contributed by atoms with van der Waals surface area (Å²) in [5.74, 6) is 0. The molecule has 0 spiro atoms. The van der Waals surface area contributed by atoms with E-state index >= 15 is 0 Å². The molecule has 3 nitrogen and oxygen atoms in total. The molecule has 1 aromatic carbocycles. The van der Waals surface area contributed by atoms with Crippen molar-refractivity contribution in [1.82, 2.24) is 0 Å². The van der Waals surface area contributed by atoms with Crippen LogP contribution in [0.15, 0.2) is 24.3 Å². The predicted octanol–water partition coefficient (Wildman–Crippen LogP) is 1.76. The zero-order valence-corrected chi connectivity index (χ0v) is 7.86. The maximum Gasteiger partial charge on any atom is 0.101 e. The van der Waals surface area contributed by atoms with Crippen LogP contribution in [0.3, 0.4) is 0 Å². The van der Waals surface area contributed by atoms with Gasteiger partial charge in [0.2, 0.25) is 0 Å². The van der Waals surface area contributed by atoms with Crippen LogP contribution >= 0.6 is 0 Å². The second-order valence-electron chi connectivity index (χ2n) is 3.32. The highest BCUT2D eigenvalue weighted by atomic mass is 16.5. The Bertz CT molecular complexity index is 353. The molecule has 1 heterocycles. The summed E-state index contributed by atoms with van der Waals surface area (Å²) in [4.78, 5) is 0. The summed E-state index contributed by atoms with van der Waals surface area (Å²) in [6, 6.07) is 9.66. The van der Waals surface area contributed by atoms with Crippen molar-refractivity contribution in [3.05, 3.63) is 29.8 Å². The Hall–Kier alpha value is -1.53. The first-order valence-electron chi connectivity index (χ1n) is 4.75. The first-order chi connectivity index (χ1) is 6.90. The van der Waals surface area contributed by atoms with Crippen LogP contribution in [-0.4, -0.2) is 19.3 Å². The van der Waals surface area contributed by atoms with Gasteiger partial charge in [-0.25, -0.2) is 0 Å². The number of hydrogen-bond donors (Lipinski definition) is 1. The van der Waals surface area contributed by atoms with Crippen molar-refractivity contribution in [2.24, 2.45) is 0 Å². The highest BCUT2D eigenvalue weighted by Crippen LogP contribution is 2.16. The smallest absolute Gasteiger partial charge is 0.101 e. The number of rotatable bonds is 3. The number of benzene rings is 1. The molecule has 72 valence electrons. The van der Waals surface area contributed by atoms with Gasteiger partial charge < -0.3 is 10.1 Å². The molecule has 0 aromatic heterocycles. The lowest BCUT2D eigenvalue weighted by atomic mass is 10.1. The molecule has 0 saturated carbocycles. The molecule has 1 aliphatic heterocycles. The standard InChI is InChI=1S/C11H12N2O/c12-7-9-3-1-2-4-11(9)13-8-10-5-6-14-10/h1-4,10,13H,5-6,8H2. The van der Waals surface area contributed by atoms with Crippen LogP contribution in [0.1, 0.15) is 12.0 Å². The Kier molecular flexibility index (Phi) is 2.66. The second kappa shape index (κ2) is 4.12. The maximum atomic E-state index is 8.83. The lowest BCUT2D eigenvalue weighted by Gasteiger charge is -2.27. The van der Waals surface area contributed by atoms with E-state index in [1.807, 2.05) is 24.3 Å². The van der Waals surface area contributed by atoms with Gasteiger partial charge in [0.15, 0.2) is 0 Å². The first kappa shape index (κ1) is 9.04. The fourth-order valence-electron chi connectivity index (χ4n) is 1.40. The van der Waals surface area contributed by atoms with E-state index in [1.54, 1.807) is 0 Å². The minimum absolute atomic E-state index is 0.321. The highest BCUT2D eigenvalue weighted by molar-refractivity contribution is 5.57. The second-order valence-corrected chi connectivity index (χ2v) is 3.32. The zero-order valence-electron chi connectivity index (χ0n) is 7.86. The van der Waals surface area contributed by atoms with Gasteiger partial charge in [0.1, 0.15) is 6.07 Å². The fourth-order valence-corrected chi connectivity index (χ4v) is 1.40. The van der Waals surface area contributed by atoms with Crippen LogP contribution in [0.4, 0.5) is 5.69 Å². The first-order valence-corrected chi connectivity index (χ1v) is 4.75. The van der Waals surface area contributed by atoms with Crippen LogP contribution in [-0.2, 0) is 4.74 Å². The quantitative estimate of drug-likeness (QED) is 0.786. The average molecular weight is 188 g/mol. The molecule has 2 rings (SSSR count). The van der Waals surface area contributed by atoms with Crippen molar-refractivity contribution in [2.75, 3.05) is 18.5 Å². The van der Waals surface area contributed by atoms with E-state index < -0.39 is 0 Å². The van der Waals surface area contributed by atoms with Crippen molar-refractivity contribution in [3.8, 4) is 6.07 Å². The van der Waals surface area contributed by atoms with E-state index in [4.69, 9.17) is 10.00 Å². The molecular weight excluding hydrogens is 176 g/mol. The molecular formula is C11H12N2O. The van der Waals surface area contributed by atoms with Gasteiger partial charge in [-0.05, 0) is 18.6 Å². The van der Waals surface area contributed by atoms with E-state index in [1.165, 1.54) is 0 Å². The van der Waals surface area contributed by atoms with Gasteiger partial charge in [0, 0.05) is 13.2 Å². The zero-order chi connectivity index (χ0) is 9.80. The summed E-state index contributed by atoms with van der Waals surface area (Å²) in [5, 5.41) is 12.1. The fraction of sp³-hybridized carbons (Fsp3) is 0.364. The molecule has 1 unspecified atom stereocenters. The lowest BCUT2D eigenvalue weighted by Crippen LogP contribution is -2.33. The number of hydrogen-bond acceptors (Lipinski definition) is 3. The molecule has 0 aliphatic carbocycles. The summed E-state index contributed by atoms with van der Waals surface area (Å²) in [5.41, 5.74) is 1.58. The molecule has 0 radical (unpaired) electrons. The van der Waals surface area contributed by atoms with E-state index in [-0.39, 0.29) is 0 Å². The van der Waals surface area contributed by atoms with Gasteiger partial charge in [-0.1, -0.05) is 12.1 Å². The maximum absolute atomic E-state index is 8.83. The third-order valence-corrected chi connectivity index (χ3v) is 2.36. The van der Waals surface area contributed by atoms with E-state index in [9.17, 15) is 0 Å². The van der Waals surface area contributed by atoms with Crippen molar-refractivity contribution in [2.45, 2.75) is 12.5 Å². The van der Waals surface area contributed by atoms with Crippen molar-refractivity contribution in [1.29, 1.82) is 5.26 Å². The number of anilines is 1. The van der Waals surface area contributed by atoms with Crippen LogP contribution in [0, 0.1) is 11.3 Å². The Balaban J connectivity index is 1.97. The van der Waals surface area contributed by atoms with E-state index in [2.05, 4.69) is 11.4 Å². The minimum Gasteiger partial charge on any atom is -0.381 e. The third-order valence-electron chi connectivity index (χ3n) is 2.36.